The SMILES string of the molecule is N#Cc1ccc(-c2c[nH]nc2C(F)(F)F)cc1SCC(F)(F)F. The first-order valence-electron chi connectivity index (χ1n) is 5.97. The van der Waals surface area contributed by atoms with Crippen LogP contribution in [0.25, 0.3) is 11.1 Å². The molecule has 0 aliphatic carbocycles. The molecule has 122 valence electrons. The summed E-state index contributed by atoms with van der Waals surface area (Å²) >= 11 is 0.344. The highest BCUT2D eigenvalue weighted by Crippen LogP contribution is 2.38. The van der Waals surface area contributed by atoms with Crippen molar-refractivity contribution < 1.29 is 26.3 Å². The number of H-pyrrole nitrogens is 1. The summed E-state index contributed by atoms with van der Waals surface area (Å²) in [5.74, 6) is -1.25. The molecule has 0 radical (unpaired) electrons. The average Bonchev–Trinajstić information content (AvgIpc) is 2.93. The van der Waals surface area contributed by atoms with E-state index in [0.717, 1.165) is 12.3 Å². The average molecular weight is 351 g/mol. The van der Waals surface area contributed by atoms with Gasteiger partial charge in [-0.2, -0.15) is 36.7 Å². The molecule has 0 aliphatic heterocycles. The molecular formula is C13H7F6N3S. The summed E-state index contributed by atoms with van der Waals surface area (Å²) in [6, 6.07) is 5.25. The van der Waals surface area contributed by atoms with Crippen LogP contribution in [0.1, 0.15) is 11.3 Å². The van der Waals surface area contributed by atoms with E-state index in [9.17, 15) is 26.3 Å². The lowest BCUT2D eigenvalue weighted by Gasteiger charge is -2.10. The Morgan fingerprint density at radius 1 is 1.17 bits per heavy atom. The summed E-state index contributed by atoms with van der Waals surface area (Å²) in [6.07, 6.45) is -8.16. The number of hydrogen-bond acceptors (Lipinski definition) is 3. The minimum absolute atomic E-state index is 0.0229. The van der Waals surface area contributed by atoms with Gasteiger partial charge in [-0.05, 0) is 17.7 Å². The van der Waals surface area contributed by atoms with Crippen LogP contribution in [0.5, 0.6) is 0 Å². The van der Waals surface area contributed by atoms with Crippen LogP contribution in [0.4, 0.5) is 26.3 Å². The third-order valence-corrected chi connectivity index (χ3v) is 3.83. The third kappa shape index (κ3) is 4.19. The fourth-order valence-electron chi connectivity index (χ4n) is 1.79. The van der Waals surface area contributed by atoms with Gasteiger partial charge in [0, 0.05) is 16.7 Å². The Morgan fingerprint density at radius 2 is 1.87 bits per heavy atom. The van der Waals surface area contributed by atoms with Crippen molar-refractivity contribution in [2.75, 3.05) is 5.75 Å². The summed E-state index contributed by atoms with van der Waals surface area (Å²) in [5.41, 5.74) is -1.49. The lowest BCUT2D eigenvalue weighted by atomic mass is 10.0. The lowest BCUT2D eigenvalue weighted by molar-refractivity contribution is -0.140. The van der Waals surface area contributed by atoms with Gasteiger partial charge in [-0.1, -0.05) is 6.07 Å². The van der Waals surface area contributed by atoms with Gasteiger partial charge in [0.1, 0.15) is 6.07 Å². The van der Waals surface area contributed by atoms with Gasteiger partial charge in [0.15, 0.2) is 5.69 Å². The van der Waals surface area contributed by atoms with E-state index in [4.69, 9.17) is 5.26 Å². The Balaban J connectivity index is 2.43. The first-order chi connectivity index (χ1) is 10.6. The van der Waals surface area contributed by atoms with Crippen molar-refractivity contribution in [3.05, 3.63) is 35.7 Å². The molecule has 0 fully saturated rings. The van der Waals surface area contributed by atoms with Gasteiger partial charge < -0.3 is 0 Å². The summed E-state index contributed by atoms with van der Waals surface area (Å²) < 4.78 is 75.4. The van der Waals surface area contributed by atoms with Gasteiger partial charge in [0.25, 0.3) is 0 Å². The maximum Gasteiger partial charge on any atom is 0.435 e. The van der Waals surface area contributed by atoms with Gasteiger partial charge >= 0.3 is 12.4 Å². The number of nitrogens with one attached hydrogen (secondary N) is 1. The molecule has 23 heavy (non-hydrogen) atoms. The number of alkyl halides is 6. The molecule has 0 spiro atoms. The van der Waals surface area contributed by atoms with Crippen molar-refractivity contribution >= 4 is 11.8 Å². The molecule has 0 amide bonds. The van der Waals surface area contributed by atoms with Crippen LogP contribution in [0.2, 0.25) is 0 Å². The zero-order valence-corrected chi connectivity index (χ0v) is 11.9. The highest BCUT2D eigenvalue weighted by molar-refractivity contribution is 7.99. The van der Waals surface area contributed by atoms with Gasteiger partial charge in [0.05, 0.1) is 11.3 Å². The molecule has 1 N–H and O–H groups in total. The van der Waals surface area contributed by atoms with Crippen molar-refractivity contribution in [1.82, 2.24) is 10.2 Å². The molecule has 0 saturated heterocycles. The molecule has 0 aliphatic rings. The topological polar surface area (TPSA) is 52.5 Å². The largest absolute Gasteiger partial charge is 0.435 e. The molecule has 0 unspecified atom stereocenters. The van der Waals surface area contributed by atoms with E-state index < -0.39 is 23.8 Å². The van der Waals surface area contributed by atoms with E-state index in [2.05, 4.69) is 10.2 Å². The first-order valence-corrected chi connectivity index (χ1v) is 6.95. The molecule has 2 rings (SSSR count). The van der Waals surface area contributed by atoms with Crippen LogP contribution in [0.15, 0.2) is 29.3 Å². The smallest absolute Gasteiger partial charge is 0.284 e. The fourth-order valence-corrected chi connectivity index (χ4v) is 2.59. The summed E-state index contributed by atoms with van der Waals surface area (Å²) in [4.78, 5) is -0.0448. The van der Waals surface area contributed by atoms with Crippen LogP contribution in [0.3, 0.4) is 0 Å². The maximum absolute atomic E-state index is 12.8. The number of nitriles is 1. The number of thioether (sulfide) groups is 1. The molecule has 3 nitrogen and oxygen atoms in total. The van der Waals surface area contributed by atoms with Gasteiger partial charge in [-0.15, -0.1) is 11.8 Å². The van der Waals surface area contributed by atoms with E-state index in [-0.39, 0.29) is 21.6 Å². The van der Waals surface area contributed by atoms with Crippen molar-refractivity contribution in [2.45, 2.75) is 17.2 Å². The summed E-state index contributed by atoms with van der Waals surface area (Å²) in [5, 5.41) is 14.1. The molecule has 1 heterocycles. The van der Waals surface area contributed by atoms with E-state index in [1.807, 2.05) is 0 Å². The molecule has 2 aromatic rings. The van der Waals surface area contributed by atoms with Crippen LogP contribution in [0, 0.1) is 11.3 Å². The van der Waals surface area contributed by atoms with Crippen molar-refractivity contribution in [3.63, 3.8) is 0 Å². The summed E-state index contributed by atoms with van der Waals surface area (Å²) in [7, 11) is 0. The van der Waals surface area contributed by atoms with E-state index >= 15 is 0 Å². The van der Waals surface area contributed by atoms with E-state index in [1.165, 1.54) is 12.1 Å². The van der Waals surface area contributed by atoms with Crippen molar-refractivity contribution in [1.29, 1.82) is 5.26 Å². The second-order valence-electron chi connectivity index (χ2n) is 4.37. The Labute approximate surface area is 130 Å². The number of nitrogens with zero attached hydrogens (tertiary/aromatic N) is 2. The minimum Gasteiger partial charge on any atom is -0.284 e. The van der Waals surface area contributed by atoms with Crippen LogP contribution < -0.4 is 0 Å². The molecular weight excluding hydrogens is 344 g/mol. The molecule has 0 bridgehead atoms. The molecule has 0 atom stereocenters. The van der Waals surface area contributed by atoms with Gasteiger partial charge in [0.2, 0.25) is 0 Å². The molecule has 1 aromatic carbocycles. The fraction of sp³-hybridized carbons (Fsp3) is 0.231. The van der Waals surface area contributed by atoms with E-state index in [0.29, 0.717) is 11.8 Å². The van der Waals surface area contributed by atoms with Crippen LogP contribution in [-0.2, 0) is 6.18 Å². The highest BCUT2D eigenvalue weighted by Gasteiger charge is 2.37. The molecule has 0 saturated carbocycles. The number of aromatic amines is 1. The van der Waals surface area contributed by atoms with Gasteiger partial charge in [-0.3, -0.25) is 5.10 Å². The Kier molecular flexibility index (Phi) is 4.61. The highest BCUT2D eigenvalue weighted by atomic mass is 32.2. The Hall–Kier alpha value is -2.15. The monoisotopic (exact) mass is 351 g/mol. The summed E-state index contributed by atoms with van der Waals surface area (Å²) in [6.45, 7) is 0. The minimum atomic E-state index is -4.71. The maximum atomic E-state index is 12.8. The first kappa shape index (κ1) is 17.2. The number of hydrogen-bond donors (Lipinski definition) is 1. The Morgan fingerprint density at radius 3 is 2.43 bits per heavy atom. The zero-order chi connectivity index (χ0) is 17.3. The van der Waals surface area contributed by atoms with Crippen LogP contribution >= 0.6 is 11.8 Å². The third-order valence-electron chi connectivity index (χ3n) is 2.71. The quantitative estimate of drug-likeness (QED) is 0.648. The molecule has 10 heteroatoms. The van der Waals surface area contributed by atoms with Gasteiger partial charge in [-0.25, -0.2) is 0 Å². The Bertz CT molecular complexity index is 741. The second kappa shape index (κ2) is 6.16. The van der Waals surface area contributed by atoms with E-state index in [1.54, 1.807) is 6.07 Å². The van der Waals surface area contributed by atoms with Crippen LogP contribution in [-0.4, -0.2) is 22.1 Å². The zero-order valence-electron chi connectivity index (χ0n) is 11.1. The number of benzene rings is 1. The van der Waals surface area contributed by atoms with Crippen molar-refractivity contribution in [3.8, 4) is 17.2 Å². The predicted molar refractivity (Wildman–Crippen MR) is 70.5 cm³/mol. The normalized spacial score (nSPS) is 12.2. The number of aromatic nitrogens is 2. The standard InChI is InChI=1S/C13H7F6N3S/c14-12(15,16)6-23-10-3-7(1-2-8(10)4-20)9-5-21-22-11(9)13(17,18)19/h1-3,5H,6H2,(H,21,22). The van der Waals surface area contributed by atoms with Crippen molar-refractivity contribution in [2.24, 2.45) is 0 Å². The lowest BCUT2D eigenvalue weighted by Crippen LogP contribution is -2.10. The number of halogens is 6. The predicted octanol–water partition coefficient (Wildman–Crippen LogP) is 4.62. The molecule has 1 aromatic heterocycles. The number of rotatable bonds is 3. The second-order valence-corrected chi connectivity index (χ2v) is 5.39.